The first kappa shape index (κ1) is 27.0. The van der Waals surface area contributed by atoms with Crippen LogP contribution in [0, 0.1) is 0 Å². The Morgan fingerprint density at radius 3 is 0.957 bits per heavy atom. The van der Waals surface area contributed by atoms with Crippen LogP contribution in [0.4, 0.5) is 0 Å². The Morgan fingerprint density at radius 2 is 0.783 bits per heavy atom. The van der Waals surface area contributed by atoms with E-state index in [1.165, 1.54) is 42.7 Å². The average molecular weight is 427 g/mol. The second-order valence-electron chi connectivity index (χ2n) is 3.22. The van der Waals surface area contributed by atoms with Gasteiger partial charge in [-0.15, -0.1) is 0 Å². The molecule has 0 bridgehead atoms. The molecule has 0 rings (SSSR count). The van der Waals surface area contributed by atoms with E-state index in [0.717, 1.165) is 0 Å². The van der Waals surface area contributed by atoms with Crippen molar-refractivity contribution >= 4 is 78.6 Å². The van der Waals surface area contributed by atoms with Crippen molar-refractivity contribution in [3.63, 3.8) is 0 Å². The molecular formula is C6H18Al2B3Cl3O9. The van der Waals surface area contributed by atoms with Gasteiger partial charge in [0.15, 0.2) is 0 Å². The Balaban J connectivity index is 0. The molecule has 17 heteroatoms. The molecule has 0 aromatic heterocycles. The molecule has 23 heavy (non-hydrogen) atoms. The SMILES string of the molecule is COB(OC)[O][Al]([Cl])[Cl].COB(OC)[O][Al]([Cl])[O]B(OC)OC. The quantitative estimate of drug-likeness (QED) is 0.415. The minimum Gasteiger partial charge on any atom is -0.493 e. The van der Waals surface area contributed by atoms with Crippen LogP contribution in [-0.2, 0) is 39.0 Å². The highest BCUT2D eigenvalue weighted by molar-refractivity contribution is 7.31. The van der Waals surface area contributed by atoms with Gasteiger partial charge in [0.2, 0.25) is 0 Å². The van der Waals surface area contributed by atoms with Gasteiger partial charge in [0, 0.05) is 42.7 Å². The van der Waals surface area contributed by atoms with Crippen LogP contribution in [0.2, 0.25) is 0 Å². The fraction of sp³-hybridized carbons (Fsp3) is 1.00. The molecule has 0 unspecified atom stereocenters. The Morgan fingerprint density at radius 1 is 0.522 bits per heavy atom. The topological polar surface area (TPSA) is 83.1 Å². The van der Waals surface area contributed by atoms with Crippen LogP contribution < -0.4 is 0 Å². The summed E-state index contributed by atoms with van der Waals surface area (Å²) in [6.45, 7) is 0. The zero-order valence-corrected chi connectivity index (χ0v) is 18.3. The largest absolute Gasteiger partial charge is 0.788 e. The van der Waals surface area contributed by atoms with E-state index < -0.39 is 48.5 Å². The van der Waals surface area contributed by atoms with Crippen LogP contribution in [-0.4, -0.2) is 91.2 Å². The molecule has 0 N–H and O–H groups in total. The number of rotatable bonds is 12. The summed E-state index contributed by atoms with van der Waals surface area (Å²) in [5, 5.41) is 0. The molecule has 0 aromatic rings. The number of hydrogen-bond donors (Lipinski definition) is 0. The van der Waals surface area contributed by atoms with E-state index in [2.05, 4.69) is 9.31 Å². The van der Waals surface area contributed by atoms with Gasteiger partial charge < -0.3 is 39.0 Å². The van der Waals surface area contributed by atoms with Gasteiger partial charge in [0.25, 0.3) is 0 Å². The van der Waals surface area contributed by atoms with E-state index in [4.69, 9.17) is 59.9 Å². The first-order chi connectivity index (χ1) is 10.9. The summed E-state index contributed by atoms with van der Waals surface area (Å²) in [5.41, 5.74) is 0. The fourth-order valence-electron chi connectivity index (χ4n) is 0.913. The Labute approximate surface area is 159 Å². The smallest absolute Gasteiger partial charge is 0.493 e. The van der Waals surface area contributed by atoms with Crippen LogP contribution in [0.15, 0.2) is 0 Å². The normalized spacial score (nSPS) is 9.78. The predicted molar refractivity (Wildman–Crippen MR) is 91.6 cm³/mol. The lowest BCUT2D eigenvalue weighted by molar-refractivity contribution is 0.169. The molecular weight excluding hydrogens is 409 g/mol. The van der Waals surface area contributed by atoms with E-state index >= 15 is 0 Å². The van der Waals surface area contributed by atoms with Gasteiger partial charge in [-0.05, 0) is 0 Å². The van der Waals surface area contributed by atoms with Crippen molar-refractivity contribution in [2.75, 3.05) is 42.7 Å². The molecule has 0 aliphatic carbocycles. The maximum Gasteiger partial charge on any atom is 0.788 e. The van der Waals surface area contributed by atoms with Crippen LogP contribution in [0.1, 0.15) is 0 Å². The highest BCUT2D eigenvalue weighted by Crippen LogP contribution is 2.02. The predicted octanol–water partition coefficient (Wildman–Crippen LogP) is 0.542. The monoisotopic (exact) mass is 426 g/mol. The zero-order valence-electron chi connectivity index (χ0n) is 13.7. The molecule has 0 atom stereocenters. The molecule has 0 radical (unpaired) electrons. The second-order valence-corrected chi connectivity index (χ2v) is 9.23. The average Bonchev–Trinajstić information content (AvgIpc) is 2.55. The van der Waals surface area contributed by atoms with E-state index in [9.17, 15) is 0 Å². The maximum atomic E-state index is 5.76. The van der Waals surface area contributed by atoms with Crippen LogP contribution in [0.5, 0.6) is 0 Å². The molecule has 0 aliphatic rings. The highest BCUT2D eigenvalue weighted by Gasteiger charge is 2.36. The Bertz CT molecular complexity index is 241. The van der Waals surface area contributed by atoms with Crippen molar-refractivity contribution in [2.24, 2.45) is 0 Å². The lowest BCUT2D eigenvalue weighted by Crippen LogP contribution is -2.37. The van der Waals surface area contributed by atoms with Crippen LogP contribution >= 0.6 is 30.1 Å². The van der Waals surface area contributed by atoms with Gasteiger partial charge in [0.1, 0.15) is 0 Å². The van der Waals surface area contributed by atoms with Gasteiger partial charge >= 0.3 is 48.5 Å². The van der Waals surface area contributed by atoms with E-state index in [1.54, 1.807) is 0 Å². The van der Waals surface area contributed by atoms with Crippen LogP contribution in [0.3, 0.4) is 0 Å². The van der Waals surface area contributed by atoms with Crippen LogP contribution in [0.25, 0.3) is 0 Å². The Hall–Kier alpha value is 1.77. The van der Waals surface area contributed by atoms with Gasteiger partial charge in [0.05, 0.1) is 0 Å². The molecule has 0 heterocycles. The Kier molecular flexibility index (Phi) is 21.8. The second kappa shape index (κ2) is 18.6. The first-order valence-corrected chi connectivity index (χ1v) is 12.6. The van der Waals surface area contributed by atoms with Gasteiger partial charge in [-0.25, -0.2) is 20.1 Å². The van der Waals surface area contributed by atoms with Gasteiger partial charge in [-0.3, -0.25) is 0 Å². The van der Waals surface area contributed by atoms with Crippen molar-refractivity contribution in [2.45, 2.75) is 0 Å². The number of halogens is 3. The molecule has 0 saturated carbocycles. The molecule has 132 valence electrons. The van der Waals surface area contributed by atoms with Crippen molar-refractivity contribution < 1.29 is 39.0 Å². The summed E-state index contributed by atoms with van der Waals surface area (Å²) < 4.78 is 43.2. The van der Waals surface area contributed by atoms with Gasteiger partial charge in [-0.1, -0.05) is 0 Å². The van der Waals surface area contributed by atoms with Crippen molar-refractivity contribution in [3.05, 3.63) is 0 Å². The lowest BCUT2D eigenvalue weighted by atomic mass is 10.2. The lowest BCUT2D eigenvalue weighted by Gasteiger charge is -2.14. The molecule has 0 amide bonds. The third-order valence-electron chi connectivity index (χ3n) is 1.80. The molecule has 0 aromatic carbocycles. The zero-order chi connectivity index (χ0) is 18.3. The highest BCUT2D eigenvalue weighted by atomic mass is 35.7. The van der Waals surface area contributed by atoms with Crippen molar-refractivity contribution in [1.29, 1.82) is 0 Å². The fourth-order valence-corrected chi connectivity index (χ4v) is 3.17. The minimum atomic E-state index is -2.42. The minimum absolute atomic E-state index is 0.725. The summed E-state index contributed by atoms with van der Waals surface area (Å²) in [7, 11) is 22.7. The van der Waals surface area contributed by atoms with Crippen molar-refractivity contribution in [1.82, 2.24) is 0 Å². The summed E-state index contributed by atoms with van der Waals surface area (Å²) in [6.07, 6.45) is 0. The molecule has 0 fully saturated rings. The summed E-state index contributed by atoms with van der Waals surface area (Å²) in [5.74, 6) is 0. The van der Waals surface area contributed by atoms with Crippen molar-refractivity contribution in [3.8, 4) is 0 Å². The third kappa shape index (κ3) is 17.0. The van der Waals surface area contributed by atoms with E-state index in [0.29, 0.717) is 0 Å². The molecule has 0 aliphatic heterocycles. The molecule has 9 nitrogen and oxygen atoms in total. The first-order valence-electron chi connectivity index (χ1n) is 5.93. The van der Waals surface area contributed by atoms with E-state index in [1.807, 2.05) is 0 Å². The number of hydrogen-bond acceptors (Lipinski definition) is 9. The molecule has 0 saturated heterocycles. The summed E-state index contributed by atoms with van der Waals surface area (Å²) in [4.78, 5) is 0. The molecule has 0 spiro atoms. The maximum absolute atomic E-state index is 5.76. The third-order valence-corrected chi connectivity index (χ3v) is 4.34. The van der Waals surface area contributed by atoms with Gasteiger partial charge in [-0.2, -0.15) is 10.0 Å². The summed E-state index contributed by atoms with van der Waals surface area (Å²) in [6, 6.07) is 0. The van der Waals surface area contributed by atoms with E-state index in [-0.39, 0.29) is 0 Å². The summed E-state index contributed by atoms with van der Waals surface area (Å²) >= 11 is -4.49. The standard InChI is InChI=1S/3C2H6BO3.2Al.3ClH/c3*1-5-3(4)6-2;;;;;/h3*1-2H3;;;3*1H/q3*-1;2*+3;;;/p-3.